The Labute approximate surface area is 262 Å². The summed E-state index contributed by atoms with van der Waals surface area (Å²) in [6, 6.07) is 4.36. The van der Waals surface area contributed by atoms with Crippen molar-refractivity contribution < 1.29 is 18.7 Å². The Morgan fingerprint density at radius 3 is 2.68 bits per heavy atom. The average molecular weight is 620 g/mol. The molecule has 7 rings (SSSR count). The molecule has 3 N–H and O–H groups in total. The second-order valence-corrected chi connectivity index (χ2v) is 14.5. The van der Waals surface area contributed by atoms with Crippen molar-refractivity contribution in [3.63, 3.8) is 0 Å². The fourth-order valence-electron chi connectivity index (χ4n) is 7.75. The topological polar surface area (TPSA) is 145 Å². The number of nitrogens with two attached hydrogens (primary N) is 1. The molecule has 0 bridgehead atoms. The summed E-state index contributed by atoms with van der Waals surface area (Å²) in [6.07, 6.45) is 6.34. The molecular formula is C32H41N7O4S. The Kier molecular flexibility index (Phi) is 7.35. The number of anilines is 1. The van der Waals surface area contributed by atoms with Gasteiger partial charge in [-0.25, -0.2) is 0 Å². The van der Waals surface area contributed by atoms with Crippen molar-refractivity contribution in [1.29, 1.82) is 5.26 Å². The normalized spacial score (nSPS) is 28.1. The lowest BCUT2D eigenvalue weighted by atomic mass is 9.63. The van der Waals surface area contributed by atoms with E-state index < -0.39 is 5.41 Å². The number of aryl methyl sites for hydroxylation is 1. The number of fused-ring (bicyclic) bond motifs is 4. The second kappa shape index (κ2) is 11.0. The number of hydrogen-bond donors (Lipinski definition) is 2. The maximum absolute atomic E-state index is 10.1. The minimum Gasteiger partial charge on any atom is -0.473 e. The molecule has 5 atom stereocenters. The number of rotatable bonds is 7. The standard InChI is InChI=1S/C32H41N7O4S/c1-17(21-12-18(40-5)16-39(21)4)41-24-13-25(42-23-15-35-31(23,2)3)37-30(36-24)27-19-8-6-10-32(28(19)43-38-27)11-7-9-22-26(32)20(14-33)29(34)44-22/h13,17-18,21,23,35H,6-12,15-16,34H2,1-5H3/t17-,18+,21-,23+,32-/m0/s1. The lowest BCUT2D eigenvalue weighted by molar-refractivity contribution is 0.0261. The van der Waals surface area contributed by atoms with E-state index in [-0.39, 0.29) is 29.9 Å². The number of hydrogen-bond acceptors (Lipinski definition) is 12. The van der Waals surface area contributed by atoms with Crippen LogP contribution in [0.5, 0.6) is 11.8 Å². The first-order chi connectivity index (χ1) is 21.1. The highest BCUT2D eigenvalue weighted by atomic mass is 32.1. The number of likely N-dealkylation sites (N-methyl/N-ethyl adjacent to an activating group) is 1. The smallest absolute Gasteiger partial charge is 0.221 e. The fraction of sp³-hybridized carbons (Fsp3) is 0.625. The van der Waals surface area contributed by atoms with E-state index in [1.165, 1.54) is 4.88 Å². The SMILES string of the molecule is CO[C@@H]1C[C@@H]([C@H](C)Oc2cc(O[C@@H]3CNC3(C)C)nc(-c3noc4c3CCC[C@@]43CCCc4sc(N)c(C#N)c43)n2)N(C)C1. The molecule has 3 aromatic rings. The molecule has 2 fully saturated rings. The Morgan fingerprint density at radius 1 is 1.23 bits per heavy atom. The highest BCUT2D eigenvalue weighted by molar-refractivity contribution is 7.16. The summed E-state index contributed by atoms with van der Waals surface area (Å²) in [4.78, 5) is 13.2. The van der Waals surface area contributed by atoms with Gasteiger partial charge in [-0.2, -0.15) is 15.2 Å². The van der Waals surface area contributed by atoms with Crippen molar-refractivity contribution in [2.24, 2.45) is 0 Å². The highest BCUT2D eigenvalue weighted by Crippen LogP contribution is 2.55. The molecule has 1 spiro atoms. The second-order valence-electron chi connectivity index (χ2n) is 13.4. The summed E-state index contributed by atoms with van der Waals surface area (Å²) < 4.78 is 24.8. The van der Waals surface area contributed by atoms with Crippen LogP contribution in [-0.4, -0.2) is 77.2 Å². The van der Waals surface area contributed by atoms with Gasteiger partial charge in [0.05, 0.1) is 28.7 Å². The number of thiophene rings is 1. The minimum atomic E-state index is -0.417. The van der Waals surface area contributed by atoms with Gasteiger partial charge in [0.1, 0.15) is 23.3 Å². The van der Waals surface area contributed by atoms with Crippen LogP contribution in [-0.2, 0) is 23.0 Å². The zero-order valence-corrected chi connectivity index (χ0v) is 26.9. The molecule has 44 heavy (non-hydrogen) atoms. The summed E-state index contributed by atoms with van der Waals surface area (Å²) in [5.41, 5.74) is 9.01. The summed E-state index contributed by atoms with van der Waals surface area (Å²) in [6.45, 7) is 7.90. The number of nitrogens with zero attached hydrogens (tertiary/aromatic N) is 5. The fourth-order valence-corrected chi connectivity index (χ4v) is 8.91. The molecular weight excluding hydrogens is 578 g/mol. The third-order valence-electron chi connectivity index (χ3n) is 10.3. The van der Waals surface area contributed by atoms with Crippen molar-refractivity contribution in [2.75, 3.05) is 33.0 Å². The van der Waals surface area contributed by atoms with Crippen molar-refractivity contribution in [1.82, 2.24) is 25.3 Å². The number of nitrogens with one attached hydrogen (secondary N) is 1. The first-order valence-corrected chi connectivity index (χ1v) is 16.5. The summed E-state index contributed by atoms with van der Waals surface area (Å²) in [5, 5.41) is 18.7. The van der Waals surface area contributed by atoms with E-state index in [4.69, 9.17) is 34.4 Å². The van der Waals surface area contributed by atoms with Gasteiger partial charge in [-0.05, 0) is 78.3 Å². The number of ether oxygens (including phenoxy) is 3. The van der Waals surface area contributed by atoms with Gasteiger partial charge in [0, 0.05) is 36.7 Å². The van der Waals surface area contributed by atoms with Gasteiger partial charge in [0.25, 0.3) is 0 Å². The van der Waals surface area contributed by atoms with Crippen LogP contribution in [0.25, 0.3) is 11.5 Å². The van der Waals surface area contributed by atoms with E-state index in [1.54, 1.807) is 24.5 Å². The molecule has 0 aromatic carbocycles. The average Bonchev–Trinajstić information content (AvgIpc) is 3.70. The predicted molar refractivity (Wildman–Crippen MR) is 166 cm³/mol. The molecule has 5 heterocycles. The molecule has 12 heteroatoms. The molecule has 4 aliphatic rings. The van der Waals surface area contributed by atoms with Crippen LogP contribution in [0.3, 0.4) is 0 Å². The van der Waals surface area contributed by atoms with Gasteiger partial charge >= 0.3 is 0 Å². The van der Waals surface area contributed by atoms with Gasteiger partial charge in [-0.3, -0.25) is 4.90 Å². The number of likely N-dealkylation sites (tertiary alicyclic amines) is 1. The molecule has 234 valence electrons. The molecule has 2 aliphatic carbocycles. The Morgan fingerprint density at radius 2 is 2.00 bits per heavy atom. The Balaban J connectivity index is 1.27. The Bertz CT molecular complexity index is 1610. The van der Waals surface area contributed by atoms with Crippen molar-refractivity contribution in [2.45, 2.75) is 101 Å². The van der Waals surface area contributed by atoms with Crippen LogP contribution in [0, 0.1) is 11.3 Å². The molecule has 0 amide bonds. The van der Waals surface area contributed by atoms with E-state index in [2.05, 4.69) is 49.3 Å². The number of nitrogen functional groups attached to an aromatic ring is 1. The van der Waals surface area contributed by atoms with Gasteiger partial charge in [-0.1, -0.05) is 5.16 Å². The molecule has 0 saturated carbocycles. The van der Waals surface area contributed by atoms with Crippen LogP contribution in [0.2, 0.25) is 0 Å². The first kappa shape index (κ1) is 29.5. The third kappa shape index (κ3) is 4.76. The van der Waals surface area contributed by atoms with Gasteiger partial charge < -0.3 is 29.8 Å². The zero-order valence-electron chi connectivity index (χ0n) is 26.1. The van der Waals surface area contributed by atoms with Crippen LogP contribution >= 0.6 is 11.3 Å². The van der Waals surface area contributed by atoms with Crippen molar-refractivity contribution in [3.05, 3.63) is 33.4 Å². The number of aromatic nitrogens is 3. The van der Waals surface area contributed by atoms with Crippen molar-refractivity contribution in [3.8, 4) is 29.3 Å². The molecule has 2 aliphatic heterocycles. The van der Waals surface area contributed by atoms with Crippen LogP contribution < -0.4 is 20.5 Å². The molecule has 2 saturated heterocycles. The number of nitriles is 1. The molecule has 0 radical (unpaired) electrons. The van der Waals surface area contributed by atoms with E-state index in [0.717, 1.165) is 74.9 Å². The lowest BCUT2D eigenvalue weighted by Gasteiger charge is -2.44. The van der Waals surface area contributed by atoms with Crippen LogP contribution in [0.15, 0.2) is 10.6 Å². The van der Waals surface area contributed by atoms with E-state index in [1.807, 2.05) is 0 Å². The lowest BCUT2D eigenvalue weighted by Crippen LogP contribution is -2.67. The highest BCUT2D eigenvalue weighted by Gasteiger charge is 2.49. The van der Waals surface area contributed by atoms with Gasteiger partial charge in [-0.15, -0.1) is 11.3 Å². The number of methoxy groups -OCH3 is 1. The first-order valence-electron chi connectivity index (χ1n) is 15.6. The van der Waals surface area contributed by atoms with E-state index >= 15 is 0 Å². The summed E-state index contributed by atoms with van der Waals surface area (Å²) >= 11 is 1.54. The van der Waals surface area contributed by atoms with Gasteiger partial charge in [0.15, 0.2) is 17.3 Å². The Hall–Kier alpha value is -3.24. The minimum absolute atomic E-state index is 0.0393. The van der Waals surface area contributed by atoms with Crippen molar-refractivity contribution >= 4 is 16.3 Å². The summed E-state index contributed by atoms with van der Waals surface area (Å²) in [5.74, 6) is 2.14. The van der Waals surface area contributed by atoms with E-state index in [0.29, 0.717) is 33.8 Å². The predicted octanol–water partition coefficient (Wildman–Crippen LogP) is 4.22. The van der Waals surface area contributed by atoms with E-state index in [9.17, 15) is 5.26 Å². The monoisotopic (exact) mass is 619 g/mol. The molecule has 0 unspecified atom stereocenters. The van der Waals surface area contributed by atoms with Crippen LogP contribution in [0.4, 0.5) is 5.00 Å². The van der Waals surface area contributed by atoms with Crippen LogP contribution in [0.1, 0.15) is 80.2 Å². The third-order valence-corrected chi connectivity index (χ3v) is 11.4. The molecule has 3 aromatic heterocycles. The maximum atomic E-state index is 10.1. The van der Waals surface area contributed by atoms with Gasteiger partial charge in [0.2, 0.25) is 11.8 Å². The quantitative estimate of drug-likeness (QED) is 0.392. The molecule has 11 nitrogen and oxygen atoms in total. The summed E-state index contributed by atoms with van der Waals surface area (Å²) in [7, 11) is 3.86. The largest absolute Gasteiger partial charge is 0.473 e. The zero-order chi connectivity index (χ0) is 30.8. The maximum Gasteiger partial charge on any atom is 0.221 e.